The monoisotopic (exact) mass is 363 g/mol. The lowest BCUT2D eigenvalue weighted by atomic mass is 10.1. The van der Waals surface area contributed by atoms with Crippen LogP contribution in [-0.4, -0.2) is 10.9 Å². The van der Waals surface area contributed by atoms with Gasteiger partial charge in [-0.2, -0.15) is 0 Å². The standard InChI is InChI=1S/C21H17NO5/c1-15-2-10-19(11-3-15)26-14-16-4-6-17(7-5-16)21(23)27-20-12-8-18(9-13-20)22(24)25/h2-13H,14H2,1H3. The minimum absolute atomic E-state index is 0.0623. The molecule has 0 radical (unpaired) electrons. The predicted molar refractivity (Wildman–Crippen MR) is 100 cm³/mol. The summed E-state index contributed by atoms with van der Waals surface area (Å²) in [6, 6.07) is 20.0. The number of non-ortho nitro benzene ring substituents is 1. The topological polar surface area (TPSA) is 78.7 Å². The second kappa shape index (κ2) is 8.14. The van der Waals surface area contributed by atoms with E-state index in [1.165, 1.54) is 29.8 Å². The third-order valence-corrected chi connectivity index (χ3v) is 3.87. The predicted octanol–water partition coefficient (Wildman–Crippen LogP) is 4.70. The van der Waals surface area contributed by atoms with E-state index in [2.05, 4.69) is 0 Å². The molecular formula is C21H17NO5. The van der Waals surface area contributed by atoms with Crippen LogP contribution in [0.1, 0.15) is 21.5 Å². The van der Waals surface area contributed by atoms with Gasteiger partial charge in [-0.15, -0.1) is 0 Å². The molecule has 6 nitrogen and oxygen atoms in total. The van der Waals surface area contributed by atoms with Gasteiger partial charge < -0.3 is 9.47 Å². The molecule has 0 aliphatic carbocycles. The van der Waals surface area contributed by atoms with Gasteiger partial charge in [0, 0.05) is 12.1 Å². The van der Waals surface area contributed by atoms with Crippen molar-refractivity contribution < 1.29 is 19.2 Å². The SMILES string of the molecule is Cc1ccc(OCc2ccc(C(=O)Oc3ccc([N+](=O)[O-])cc3)cc2)cc1. The fourth-order valence-corrected chi connectivity index (χ4v) is 2.34. The number of aryl methyl sites for hydroxylation is 1. The van der Waals surface area contributed by atoms with Crippen LogP contribution in [0.2, 0.25) is 0 Å². The van der Waals surface area contributed by atoms with Crippen LogP contribution in [0.4, 0.5) is 5.69 Å². The van der Waals surface area contributed by atoms with Crippen molar-refractivity contribution in [3.05, 3.63) is 99.6 Å². The van der Waals surface area contributed by atoms with E-state index in [0.717, 1.165) is 11.3 Å². The molecule has 27 heavy (non-hydrogen) atoms. The van der Waals surface area contributed by atoms with Crippen LogP contribution in [0.25, 0.3) is 0 Å². The summed E-state index contributed by atoms with van der Waals surface area (Å²) in [6.45, 7) is 2.40. The summed E-state index contributed by atoms with van der Waals surface area (Å²) >= 11 is 0. The fraction of sp³-hybridized carbons (Fsp3) is 0.0952. The number of nitro groups is 1. The van der Waals surface area contributed by atoms with Gasteiger partial charge in [0.15, 0.2) is 0 Å². The van der Waals surface area contributed by atoms with E-state index < -0.39 is 10.9 Å². The highest BCUT2D eigenvalue weighted by Gasteiger charge is 2.10. The van der Waals surface area contributed by atoms with Crippen LogP contribution in [0, 0.1) is 17.0 Å². The summed E-state index contributed by atoms with van der Waals surface area (Å²) in [5.41, 5.74) is 2.40. The average Bonchev–Trinajstić information content (AvgIpc) is 2.68. The van der Waals surface area contributed by atoms with Crippen molar-refractivity contribution in [1.29, 1.82) is 0 Å². The Morgan fingerprint density at radius 3 is 2.07 bits per heavy atom. The number of esters is 1. The maximum absolute atomic E-state index is 12.2. The van der Waals surface area contributed by atoms with Gasteiger partial charge >= 0.3 is 5.97 Å². The molecular weight excluding hydrogens is 346 g/mol. The van der Waals surface area contributed by atoms with E-state index >= 15 is 0 Å². The molecule has 0 bridgehead atoms. The highest BCUT2D eigenvalue weighted by Crippen LogP contribution is 2.19. The Hall–Kier alpha value is -3.67. The summed E-state index contributed by atoms with van der Waals surface area (Å²) in [6.07, 6.45) is 0. The van der Waals surface area contributed by atoms with Gasteiger partial charge in [0.05, 0.1) is 10.5 Å². The zero-order valence-corrected chi connectivity index (χ0v) is 14.6. The van der Waals surface area contributed by atoms with Gasteiger partial charge in [-0.05, 0) is 48.9 Å². The Labute approximate surface area is 156 Å². The number of carbonyl (C=O) groups excluding carboxylic acids is 1. The molecule has 0 amide bonds. The Balaban J connectivity index is 1.58. The van der Waals surface area contributed by atoms with Gasteiger partial charge in [0.25, 0.3) is 5.69 Å². The second-order valence-corrected chi connectivity index (χ2v) is 5.94. The largest absolute Gasteiger partial charge is 0.489 e. The Morgan fingerprint density at radius 1 is 0.889 bits per heavy atom. The van der Waals surface area contributed by atoms with Crippen LogP contribution in [0.3, 0.4) is 0 Å². The maximum atomic E-state index is 12.2. The number of ether oxygens (including phenoxy) is 2. The Kier molecular flexibility index (Phi) is 5.47. The first kappa shape index (κ1) is 18.1. The van der Waals surface area contributed by atoms with E-state index in [-0.39, 0.29) is 11.4 Å². The molecule has 0 heterocycles. The van der Waals surface area contributed by atoms with Gasteiger partial charge in [-0.25, -0.2) is 4.79 Å². The molecule has 3 aromatic carbocycles. The van der Waals surface area contributed by atoms with Crippen LogP contribution >= 0.6 is 0 Å². The lowest BCUT2D eigenvalue weighted by Crippen LogP contribution is -2.08. The summed E-state index contributed by atoms with van der Waals surface area (Å²) in [5.74, 6) is 0.495. The molecule has 0 aliphatic heterocycles. The van der Waals surface area contributed by atoms with Gasteiger partial charge in [-0.3, -0.25) is 10.1 Å². The van der Waals surface area contributed by atoms with Crippen molar-refractivity contribution in [3.8, 4) is 11.5 Å². The molecule has 0 N–H and O–H groups in total. The lowest BCUT2D eigenvalue weighted by molar-refractivity contribution is -0.384. The smallest absolute Gasteiger partial charge is 0.343 e. The Bertz CT molecular complexity index is 932. The number of hydrogen-bond donors (Lipinski definition) is 0. The number of nitrogens with zero attached hydrogens (tertiary/aromatic N) is 1. The van der Waals surface area contributed by atoms with Crippen molar-refractivity contribution in [1.82, 2.24) is 0 Å². The third kappa shape index (κ3) is 4.92. The van der Waals surface area contributed by atoms with Crippen molar-refractivity contribution in [2.45, 2.75) is 13.5 Å². The zero-order chi connectivity index (χ0) is 19.2. The average molecular weight is 363 g/mol. The van der Waals surface area contributed by atoms with Gasteiger partial charge in [0.1, 0.15) is 18.1 Å². The first-order valence-electron chi connectivity index (χ1n) is 8.26. The normalized spacial score (nSPS) is 10.3. The number of hydrogen-bond acceptors (Lipinski definition) is 5. The van der Waals surface area contributed by atoms with E-state index in [1.54, 1.807) is 24.3 Å². The minimum atomic E-state index is -0.533. The summed E-state index contributed by atoms with van der Waals surface area (Å²) < 4.78 is 10.9. The van der Waals surface area contributed by atoms with Crippen LogP contribution in [0.15, 0.2) is 72.8 Å². The zero-order valence-electron chi connectivity index (χ0n) is 14.6. The van der Waals surface area contributed by atoms with Crippen molar-refractivity contribution in [2.24, 2.45) is 0 Å². The molecule has 0 saturated carbocycles. The number of benzene rings is 3. The van der Waals surface area contributed by atoms with E-state index in [0.29, 0.717) is 12.2 Å². The van der Waals surface area contributed by atoms with E-state index in [4.69, 9.17) is 9.47 Å². The molecule has 0 aromatic heterocycles. The van der Waals surface area contributed by atoms with Crippen LogP contribution < -0.4 is 9.47 Å². The molecule has 0 aliphatic rings. The Morgan fingerprint density at radius 2 is 1.48 bits per heavy atom. The second-order valence-electron chi connectivity index (χ2n) is 5.94. The van der Waals surface area contributed by atoms with Gasteiger partial charge in [0.2, 0.25) is 0 Å². The number of rotatable bonds is 6. The van der Waals surface area contributed by atoms with E-state index in [9.17, 15) is 14.9 Å². The molecule has 0 unspecified atom stereocenters. The lowest BCUT2D eigenvalue weighted by Gasteiger charge is -2.08. The molecule has 0 saturated heterocycles. The molecule has 136 valence electrons. The summed E-state index contributed by atoms with van der Waals surface area (Å²) in [5, 5.41) is 10.6. The highest BCUT2D eigenvalue weighted by atomic mass is 16.6. The minimum Gasteiger partial charge on any atom is -0.489 e. The number of nitro benzene ring substituents is 1. The third-order valence-electron chi connectivity index (χ3n) is 3.87. The quantitative estimate of drug-likeness (QED) is 0.274. The van der Waals surface area contributed by atoms with Crippen LogP contribution in [0.5, 0.6) is 11.5 Å². The highest BCUT2D eigenvalue weighted by molar-refractivity contribution is 5.91. The molecule has 3 rings (SSSR count). The van der Waals surface area contributed by atoms with Crippen molar-refractivity contribution in [3.63, 3.8) is 0 Å². The molecule has 3 aromatic rings. The maximum Gasteiger partial charge on any atom is 0.343 e. The van der Waals surface area contributed by atoms with Crippen molar-refractivity contribution >= 4 is 11.7 Å². The molecule has 6 heteroatoms. The van der Waals surface area contributed by atoms with Gasteiger partial charge in [-0.1, -0.05) is 29.8 Å². The first-order valence-corrected chi connectivity index (χ1v) is 8.26. The molecule has 0 atom stereocenters. The summed E-state index contributed by atoms with van der Waals surface area (Å²) in [4.78, 5) is 22.3. The number of carbonyl (C=O) groups is 1. The fourth-order valence-electron chi connectivity index (χ4n) is 2.34. The first-order chi connectivity index (χ1) is 13.0. The van der Waals surface area contributed by atoms with Crippen molar-refractivity contribution in [2.75, 3.05) is 0 Å². The molecule has 0 spiro atoms. The van der Waals surface area contributed by atoms with Crippen LogP contribution in [-0.2, 0) is 6.61 Å². The van der Waals surface area contributed by atoms with E-state index in [1.807, 2.05) is 31.2 Å². The molecule has 0 fully saturated rings. The summed E-state index contributed by atoms with van der Waals surface area (Å²) in [7, 11) is 0.